The molecule has 0 radical (unpaired) electrons. The number of carbonyl (C=O) groups excluding carboxylic acids is 2. The molecule has 2 nitrogen and oxygen atoms in total. The molecule has 0 unspecified atom stereocenters. The van der Waals surface area contributed by atoms with Gasteiger partial charge in [0.05, 0.1) is 11.8 Å². The van der Waals surface area contributed by atoms with Crippen molar-refractivity contribution >= 4 is 54.7 Å². The van der Waals surface area contributed by atoms with Gasteiger partial charge in [-0.2, -0.15) is 0 Å². The number of Topliss-reactive ketones (excluding diaryl/α,β-unsaturated/α-hetero) is 2. The highest BCUT2D eigenvalue weighted by molar-refractivity contribution is 6.24. The summed E-state index contributed by atoms with van der Waals surface area (Å²) >= 11 is 0. The largest absolute Gasteiger partial charge is 0.293 e. The number of hydrogen-bond donors (Lipinski definition) is 0. The molecule has 2 aliphatic carbocycles. The number of hydrogen-bond acceptors (Lipinski definition) is 2. The van der Waals surface area contributed by atoms with Crippen LogP contribution >= 0.6 is 0 Å². The molecule has 0 amide bonds. The number of fused-ring (bicyclic) bond motifs is 14. The summed E-state index contributed by atoms with van der Waals surface area (Å²) in [5.41, 5.74) is 7.19. The van der Waals surface area contributed by atoms with Crippen LogP contribution in [0.15, 0.2) is 146 Å². The van der Waals surface area contributed by atoms with Gasteiger partial charge in [-0.25, -0.2) is 0 Å². The molecule has 2 aliphatic rings. The molecule has 0 saturated carbocycles. The standard InChI is InChI=1S/C44H26O2/c45-43-35-15-7-5-13-31(35)33-23-21-27-19-17-25-9-1-3-11-29(25)37(27)39(33)41(43)42-40-34(32-14-6-8-16-36(32)44(42)46)24-22-28-20-18-26-10-2-4-12-30(26)38(28)40/h1-24,41-42H/t41-,42-/m1/s1. The van der Waals surface area contributed by atoms with E-state index in [0.29, 0.717) is 11.1 Å². The molecule has 2 heteroatoms. The molecule has 0 fully saturated rings. The van der Waals surface area contributed by atoms with E-state index in [0.717, 1.165) is 76.5 Å². The first-order valence-corrected chi connectivity index (χ1v) is 15.8. The molecule has 10 rings (SSSR count). The van der Waals surface area contributed by atoms with Crippen LogP contribution in [-0.2, 0) is 0 Å². The van der Waals surface area contributed by atoms with Crippen LogP contribution in [0.4, 0.5) is 0 Å². The minimum absolute atomic E-state index is 0.00413. The van der Waals surface area contributed by atoms with Crippen molar-refractivity contribution in [1.82, 2.24) is 0 Å². The van der Waals surface area contributed by atoms with Crippen LogP contribution < -0.4 is 0 Å². The van der Waals surface area contributed by atoms with E-state index in [1.165, 1.54) is 0 Å². The maximum Gasteiger partial charge on any atom is 0.172 e. The van der Waals surface area contributed by atoms with Gasteiger partial charge in [-0.05, 0) is 76.5 Å². The normalized spacial score (nSPS) is 16.8. The zero-order valence-electron chi connectivity index (χ0n) is 24.8. The summed E-state index contributed by atoms with van der Waals surface area (Å²) in [6.07, 6.45) is 0. The Labute approximate surface area is 265 Å². The molecular weight excluding hydrogens is 560 g/mol. The number of rotatable bonds is 1. The van der Waals surface area contributed by atoms with Gasteiger partial charge >= 0.3 is 0 Å². The lowest BCUT2D eigenvalue weighted by atomic mass is 9.63. The molecule has 214 valence electrons. The number of carbonyl (C=O) groups is 2. The summed E-state index contributed by atoms with van der Waals surface area (Å²) < 4.78 is 0. The van der Waals surface area contributed by atoms with E-state index in [-0.39, 0.29) is 11.6 Å². The lowest BCUT2D eigenvalue weighted by Gasteiger charge is -2.37. The van der Waals surface area contributed by atoms with Gasteiger partial charge in [0.1, 0.15) is 0 Å². The maximum atomic E-state index is 15.2. The highest BCUT2D eigenvalue weighted by Gasteiger charge is 2.46. The van der Waals surface area contributed by atoms with Crippen LogP contribution in [0.1, 0.15) is 43.7 Å². The second-order valence-electron chi connectivity index (χ2n) is 12.6. The fourth-order valence-corrected chi connectivity index (χ4v) is 8.47. The van der Waals surface area contributed by atoms with Crippen molar-refractivity contribution in [3.63, 3.8) is 0 Å². The summed E-state index contributed by atoms with van der Waals surface area (Å²) in [6.45, 7) is 0. The Morgan fingerprint density at radius 2 is 0.652 bits per heavy atom. The Balaban J connectivity index is 1.40. The molecule has 0 saturated heterocycles. The second kappa shape index (κ2) is 9.32. The zero-order chi connectivity index (χ0) is 30.5. The van der Waals surface area contributed by atoms with Gasteiger partial charge in [0.25, 0.3) is 0 Å². The smallest absolute Gasteiger partial charge is 0.172 e. The third-order valence-electron chi connectivity index (χ3n) is 10.4. The summed E-state index contributed by atoms with van der Waals surface area (Å²) in [6, 6.07) is 49.8. The van der Waals surface area contributed by atoms with E-state index in [1.807, 2.05) is 48.5 Å². The van der Waals surface area contributed by atoms with Gasteiger partial charge in [0.2, 0.25) is 0 Å². The van der Waals surface area contributed by atoms with Crippen LogP contribution in [-0.4, -0.2) is 11.6 Å². The lowest BCUT2D eigenvalue weighted by Crippen LogP contribution is -2.32. The van der Waals surface area contributed by atoms with Crippen molar-refractivity contribution in [3.8, 4) is 22.3 Å². The van der Waals surface area contributed by atoms with E-state index in [2.05, 4.69) is 97.1 Å². The lowest BCUT2D eigenvalue weighted by molar-refractivity contribution is 0.0865. The summed E-state index contributed by atoms with van der Waals surface area (Å²) in [4.78, 5) is 30.3. The third-order valence-corrected chi connectivity index (χ3v) is 10.4. The fraction of sp³-hybridized carbons (Fsp3) is 0.0455. The van der Waals surface area contributed by atoms with Crippen LogP contribution in [0.5, 0.6) is 0 Å². The van der Waals surface area contributed by atoms with E-state index >= 15 is 9.59 Å². The molecule has 0 N–H and O–H groups in total. The highest BCUT2D eigenvalue weighted by atomic mass is 16.1. The summed E-state index contributed by atoms with van der Waals surface area (Å²) in [5.74, 6) is -1.40. The topological polar surface area (TPSA) is 34.1 Å². The first-order chi connectivity index (χ1) is 22.7. The quantitative estimate of drug-likeness (QED) is 0.179. The van der Waals surface area contributed by atoms with Crippen molar-refractivity contribution in [3.05, 3.63) is 168 Å². The third kappa shape index (κ3) is 3.31. The molecule has 0 aliphatic heterocycles. The minimum Gasteiger partial charge on any atom is -0.293 e. The van der Waals surface area contributed by atoms with Crippen LogP contribution in [0.2, 0.25) is 0 Å². The Hall–Kier alpha value is -5.86. The second-order valence-corrected chi connectivity index (χ2v) is 12.6. The number of ketones is 2. The molecule has 0 heterocycles. The average Bonchev–Trinajstić information content (AvgIpc) is 3.12. The van der Waals surface area contributed by atoms with E-state index in [4.69, 9.17) is 0 Å². The fourth-order valence-electron chi connectivity index (χ4n) is 8.47. The van der Waals surface area contributed by atoms with Crippen LogP contribution in [0.3, 0.4) is 0 Å². The Bertz CT molecular complexity index is 2460. The van der Waals surface area contributed by atoms with Crippen molar-refractivity contribution < 1.29 is 9.59 Å². The van der Waals surface area contributed by atoms with Crippen LogP contribution in [0, 0.1) is 0 Å². The van der Waals surface area contributed by atoms with Crippen molar-refractivity contribution in [2.24, 2.45) is 0 Å². The SMILES string of the molecule is O=C1c2ccccc2-c2ccc3ccc4ccccc4c3c2[C@@H]1[C@@H]1C(=O)c2ccccc2-c2ccc3ccc4ccccc4c3c21. The monoisotopic (exact) mass is 586 g/mol. The maximum absolute atomic E-state index is 15.2. The molecule has 8 aromatic rings. The molecule has 0 spiro atoms. The molecule has 0 bridgehead atoms. The van der Waals surface area contributed by atoms with E-state index < -0.39 is 11.8 Å². The minimum atomic E-state index is -0.705. The molecule has 46 heavy (non-hydrogen) atoms. The van der Waals surface area contributed by atoms with Gasteiger partial charge in [-0.1, -0.05) is 146 Å². The molecule has 8 aromatic carbocycles. The Morgan fingerprint density at radius 1 is 0.304 bits per heavy atom. The first-order valence-electron chi connectivity index (χ1n) is 15.8. The predicted molar refractivity (Wildman–Crippen MR) is 188 cm³/mol. The molecular formula is C44H26O2. The summed E-state index contributed by atoms with van der Waals surface area (Å²) in [5, 5.41) is 8.69. The number of benzene rings is 8. The Kier molecular flexibility index (Phi) is 5.16. The van der Waals surface area contributed by atoms with Gasteiger partial charge in [0.15, 0.2) is 11.6 Å². The zero-order valence-corrected chi connectivity index (χ0v) is 24.8. The highest BCUT2D eigenvalue weighted by Crippen LogP contribution is 2.55. The summed E-state index contributed by atoms with van der Waals surface area (Å²) in [7, 11) is 0. The predicted octanol–water partition coefficient (Wildman–Crippen LogP) is 10.9. The Morgan fingerprint density at radius 3 is 1.11 bits per heavy atom. The van der Waals surface area contributed by atoms with Crippen molar-refractivity contribution in [1.29, 1.82) is 0 Å². The first kappa shape index (κ1) is 25.5. The van der Waals surface area contributed by atoms with E-state index in [1.54, 1.807) is 0 Å². The van der Waals surface area contributed by atoms with E-state index in [9.17, 15) is 0 Å². The van der Waals surface area contributed by atoms with Crippen LogP contribution in [0.25, 0.3) is 65.3 Å². The molecule has 2 atom stereocenters. The average molecular weight is 587 g/mol. The molecule has 0 aromatic heterocycles. The van der Waals surface area contributed by atoms with Gasteiger partial charge < -0.3 is 0 Å². The van der Waals surface area contributed by atoms with Gasteiger partial charge in [-0.3, -0.25) is 9.59 Å². The van der Waals surface area contributed by atoms with Gasteiger partial charge in [-0.15, -0.1) is 0 Å². The van der Waals surface area contributed by atoms with Crippen molar-refractivity contribution in [2.75, 3.05) is 0 Å². The van der Waals surface area contributed by atoms with Gasteiger partial charge in [0, 0.05) is 11.1 Å². The van der Waals surface area contributed by atoms with Crippen molar-refractivity contribution in [2.45, 2.75) is 11.8 Å².